The van der Waals surface area contributed by atoms with Crippen LogP contribution in [0.1, 0.15) is 52.4 Å². The third-order valence-corrected chi connectivity index (χ3v) is 8.58. The molecule has 1 saturated heterocycles. The summed E-state index contributed by atoms with van der Waals surface area (Å²) in [5, 5.41) is 8.32. The maximum atomic E-state index is 11.9. The lowest BCUT2D eigenvalue weighted by molar-refractivity contribution is -0.128. The number of fused-ring (bicyclic) bond motifs is 2. The van der Waals surface area contributed by atoms with Gasteiger partial charge in [-0.15, -0.1) is 11.8 Å². The summed E-state index contributed by atoms with van der Waals surface area (Å²) in [6.07, 6.45) is 9.70. The normalized spacial score (nSPS) is 21.3. The Balaban J connectivity index is 1.35. The minimum absolute atomic E-state index is 0.199. The highest BCUT2D eigenvalue weighted by Gasteiger charge is 2.36. The zero-order valence-corrected chi connectivity index (χ0v) is 21.6. The molecule has 0 spiro atoms. The minimum Gasteiger partial charge on any atom is -0.496 e. The van der Waals surface area contributed by atoms with Crippen molar-refractivity contribution in [2.24, 2.45) is 10.7 Å². The van der Waals surface area contributed by atoms with E-state index in [4.69, 9.17) is 15.5 Å². The number of amides is 1. The van der Waals surface area contributed by atoms with Gasteiger partial charge in [0.1, 0.15) is 12.9 Å². The number of aromatic nitrogens is 3. The first-order valence-electron chi connectivity index (χ1n) is 12.2. The first-order chi connectivity index (χ1) is 16.8. The number of primary amides is 1. The molecule has 35 heavy (non-hydrogen) atoms. The van der Waals surface area contributed by atoms with E-state index in [1.54, 1.807) is 12.6 Å². The number of allylic oxidation sites excluding steroid dienone is 2. The fraction of sp³-hybridized carbons (Fsp3) is 0.520. The first-order valence-corrected chi connectivity index (χ1v) is 13.0. The summed E-state index contributed by atoms with van der Waals surface area (Å²) in [6.45, 7) is 10.8. The van der Waals surface area contributed by atoms with Crippen molar-refractivity contribution in [3.05, 3.63) is 57.9 Å². The SMILES string of the molecule is CC(C)n1ncnc1C1=NCC2=C3COC=CC(SC4CCN(C(C)(C)C(N)=O)CC4)=C3C=C2N1. The third-order valence-electron chi connectivity index (χ3n) is 7.16. The molecule has 4 heterocycles. The van der Waals surface area contributed by atoms with Crippen molar-refractivity contribution in [3.8, 4) is 0 Å². The number of thioether (sulfide) groups is 1. The van der Waals surface area contributed by atoms with E-state index in [9.17, 15) is 4.79 Å². The number of nitrogens with two attached hydrogens (primary N) is 1. The molecule has 0 bridgehead atoms. The lowest BCUT2D eigenvalue weighted by Crippen LogP contribution is -2.56. The second-order valence-corrected chi connectivity index (χ2v) is 11.4. The van der Waals surface area contributed by atoms with Gasteiger partial charge in [0.2, 0.25) is 5.91 Å². The molecule has 1 aromatic heterocycles. The molecule has 0 saturated carbocycles. The summed E-state index contributed by atoms with van der Waals surface area (Å²) in [5.74, 6) is 1.23. The largest absolute Gasteiger partial charge is 0.496 e. The molecule has 5 rings (SSSR count). The average Bonchev–Trinajstić information content (AvgIpc) is 3.41. The molecule has 3 aliphatic heterocycles. The van der Waals surface area contributed by atoms with E-state index in [1.165, 1.54) is 21.6 Å². The number of likely N-dealkylation sites (tertiary alicyclic amines) is 1. The third kappa shape index (κ3) is 4.45. The molecule has 10 heteroatoms. The number of ether oxygens (including phenoxy) is 1. The molecular weight excluding hydrogens is 462 g/mol. The van der Waals surface area contributed by atoms with Gasteiger partial charge in [-0.25, -0.2) is 9.67 Å². The molecule has 9 nitrogen and oxygen atoms in total. The van der Waals surface area contributed by atoms with Gasteiger partial charge in [-0.05, 0) is 58.3 Å². The number of rotatable bonds is 6. The number of piperidine rings is 1. The number of aliphatic imine (C=N–C) groups is 1. The molecule has 1 amide bonds. The van der Waals surface area contributed by atoms with Crippen LogP contribution < -0.4 is 11.1 Å². The smallest absolute Gasteiger partial charge is 0.237 e. The van der Waals surface area contributed by atoms with E-state index >= 15 is 0 Å². The minimum atomic E-state index is -0.611. The number of hydrogen-bond acceptors (Lipinski definition) is 8. The van der Waals surface area contributed by atoms with Gasteiger partial charge in [0.25, 0.3) is 0 Å². The van der Waals surface area contributed by atoms with Crippen molar-refractivity contribution in [1.29, 1.82) is 0 Å². The second kappa shape index (κ2) is 9.31. The lowest BCUT2D eigenvalue weighted by atomic mass is 9.98. The van der Waals surface area contributed by atoms with Crippen LogP contribution in [0.5, 0.6) is 0 Å². The van der Waals surface area contributed by atoms with Crippen molar-refractivity contribution in [2.75, 3.05) is 26.2 Å². The Labute approximate surface area is 210 Å². The van der Waals surface area contributed by atoms with Crippen LogP contribution in [0, 0.1) is 0 Å². The Kier molecular flexibility index (Phi) is 6.35. The van der Waals surface area contributed by atoms with Crippen LogP contribution in [0.15, 0.2) is 57.1 Å². The Bertz CT molecular complexity index is 1180. The first kappa shape index (κ1) is 23.9. The topological polar surface area (TPSA) is 111 Å². The molecule has 186 valence electrons. The van der Waals surface area contributed by atoms with Crippen molar-refractivity contribution in [3.63, 3.8) is 0 Å². The van der Waals surface area contributed by atoms with Gasteiger partial charge in [0.05, 0.1) is 18.3 Å². The van der Waals surface area contributed by atoms with Crippen LogP contribution in [0.2, 0.25) is 0 Å². The van der Waals surface area contributed by atoms with Crippen molar-refractivity contribution in [2.45, 2.75) is 57.4 Å². The fourth-order valence-electron chi connectivity index (χ4n) is 4.87. The molecule has 4 aliphatic rings. The summed E-state index contributed by atoms with van der Waals surface area (Å²) in [4.78, 5) is 24.5. The highest BCUT2D eigenvalue weighted by atomic mass is 32.2. The van der Waals surface area contributed by atoms with E-state index in [-0.39, 0.29) is 11.9 Å². The monoisotopic (exact) mass is 495 g/mol. The summed E-state index contributed by atoms with van der Waals surface area (Å²) in [5.41, 5.74) is 9.67. The summed E-state index contributed by atoms with van der Waals surface area (Å²) in [7, 11) is 0. The number of carbonyl (C=O) groups excluding carboxylic acids is 1. The van der Waals surface area contributed by atoms with Gasteiger partial charge in [0, 0.05) is 46.1 Å². The van der Waals surface area contributed by atoms with E-state index in [2.05, 4.69) is 46.3 Å². The molecular formula is C25H33N7O2S. The molecule has 0 atom stereocenters. The summed E-state index contributed by atoms with van der Waals surface area (Å²) in [6, 6.07) is 0.199. The van der Waals surface area contributed by atoms with Gasteiger partial charge in [-0.1, -0.05) is 0 Å². The number of amidine groups is 1. The van der Waals surface area contributed by atoms with Crippen LogP contribution in [0.4, 0.5) is 0 Å². The standard InChI is InChI=1S/C25H33N7O2S/c1-15(2)32-23(28-14-29-32)22-27-12-18-19-13-34-10-7-21(17(19)11-20(18)30-22)35-16-5-8-31(9-6-16)25(3,4)24(26)33/h7,10-11,14-16H,5-6,8-9,12-13H2,1-4H3,(H2,26,33)(H,27,30). The van der Waals surface area contributed by atoms with E-state index in [1.807, 2.05) is 30.3 Å². The van der Waals surface area contributed by atoms with Crippen molar-refractivity contribution >= 4 is 23.5 Å². The summed E-state index contributed by atoms with van der Waals surface area (Å²) >= 11 is 1.90. The Morgan fingerprint density at radius 3 is 2.77 bits per heavy atom. The number of nitrogens with one attached hydrogen (secondary N) is 1. The Morgan fingerprint density at radius 1 is 1.29 bits per heavy atom. The fourth-order valence-corrected chi connectivity index (χ4v) is 6.12. The Morgan fingerprint density at radius 2 is 2.06 bits per heavy atom. The zero-order chi connectivity index (χ0) is 24.7. The second-order valence-electron chi connectivity index (χ2n) is 10.0. The van der Waals surface area contributed by atoms with E-state index in [0.717, 1.165) is 43.3 Å². The molecule has 1 fully saturated rings. The molecule has 1 aromatic rings. The number of carbonyl (C=O) groups is 1. The zero-order valence-electron chi connectivity index (χ0n) is 20.7. The molecule has 3 N–H and O–H groups in total. The van der Waals surface area contributed by atoms with Gasteiger partial charge < -0.3 is 15.8 Å². The molecule has 0 radical (unpaired) electrons. The van der Waals surface area contributed by atoms with Gasteiger partial charge in [0.15, 0.2) is 11.7 Å². The van der Waals surface area contributed by atoms with Crippen LogP contribution in [0.3, 0.4) is 0 Å². The molecule has 0 aromatic carbocycles. The predicted molar refractivity (Wildman–Crippen MR) is 138 cm³/mol. The summed E-state index contributed by atoms with van der Waals surface area (Å²) < 4.78 is 7.71. The maximum Gasteiger partial charge on any atom is 0.237 e. The quantitative estimate of drug-likeness (QED) is 0.624. The highest BCUT2D eigenvalue weighted by molar-refractivity contribution is 8.03. The van der Waals surface area contributed by atoms with Gasteiger partial charge in [-0.3, -0.25) is 14.7 Å². The lowest BCUT2D eigenvalue weighted by Gasteiger charge is -2.40. The molecule has 0 unspecified atom stereocenters. The van der Waals surface area contributed by atoms with Crippen LogP contribution in [-0.2, 0) is 9.53 Å². The predicted octanol–water partition coefficient (Wildman–Crippen LogP) is 2.66. The number of hydrogen-bond donors (Lipinski definition) is 2. The Hall–Kier alpha value is -2.85. The van der Waals surface area contributed by atoms with E-state index < -0.39 is 5.54 Å². The van der Waals surface area contributed by atoms with Gasteiger partial charge >= 0.3 is 0 Å². The van der Waals surface area contributed by atoms with Crippen LogP contribution in [-0.4, -0.2) is 68.4 Å². The van der Waals surface area contributed by atoms with Crippen molar-refractivity contribution in [1.82, 2.24) is 25.0 Å². The highest BCUT2D eigenvalue weighted by Crippen LogP contribution is 2.42. The molecule has 1 aliphatic carbocycles. The number of nitrogens with zero attached hydrogens (tertiary/aromatic N) is 5. The van der Waals surface area contributed by atoms with Crippen molar-refractivity contribution < 1.29 is 9.53 Å². The van der Waals surface area contributed by atoms with Crippen LogP contribution in [0.25, 0.3) is 0 Å². The maximum absolute atomic E-state index is 11.9. The van der Waals surface area contributed by atoms with Gasteiger partial charge in [-0.2, -0.15) is 5.10 Å². The van der Waals surface area contributed by atoms with Crippen LogP contribution >= 0.6 is 11.8 Å². The average molecular weight is 496 g/mol. The van der Waals surface area contributed by atoms with E-state index in [0.29, 0.717) is 18.4 Å².